The van der Waals surface area contributed by atoms with E-state index < -0.39 is 0 Å². The number of benzene rings is 1. The molecule has 0 fully saturated rings. The van der Waals surface area contributed by atoms with Gasteiger partial charge in [0.05, 0.1) is 10.7 Å². The molecule has 0 aromatic heterocycles. The molecule has 0 heterocycles. The van der Waals surface area contributed by atoms with Crippen LogP contribution in [0.25, 0.3) is 5.70 Å². The SMILES string of the molecule is C=C/C=C(/N=C(/C)SC)c1ccc(F)cc1. The predicted octanol–water partition coefficient (Wildman–Crippen LogP) is 4.13. The molecule has 16 heavy (non-hydrogen) atoms. The van der Waals surface area contributed by atoms with Crippen molar-refractivity contribution in [1.82, 2.24) is 0 Å². The summed E-state index contributed by atoms with van der Waals surface area (Å²) in [4.78, 5) is 4.43. The topological polar surface area (TPSA) is 12.4 Å². The molecule has 1 aromatic carbocycles. The second kappa shape index (κ2) is 6.28. The first-order valence-corrected chi connectivity index (χ1v) is 6.07. The first kappa shape index (κ1) is 12.7. The third kappa shape index (κ3) is 3.66. The van der Waals surface area contributed by atoms with E-state index >= 15 is 0 Å². The van der Waals surface area contributed by atoms with Gasteiger partial charge in [0.15, 0.2) is 0 Å². The summed E-state index contributed by atoms with van der Waals surface area (Å²) in [7, 11) is 0. The van der Waals surface area contributed by atoms with Gasteiger partial charge in [-0.2, -0.15) is 0 Å². The zero-order valence-electron chi connectivity index (χ0n) is 9.40. The molecule has 0 saturated heterocycles. The van der Waals surface area contributed by atoms with Crippen LogP contribution in [-0.2, 0) is 0 Å². The maximum Gasteiger partial charge on any atom is 0.123 e. The third-order valence-electron chi connectivity index (χ3n) is 1.99. The lowest BCUT2D eigenvalue weighted by molar-refractivity contribution is 0.627. The van der Waals surface area contributed by atoms with Gasteiger partial charge in [0.25, 0.3) is 0 Å². The molecule has 0 N–H and O–H groups in total. The van der Waals surface area contributed by atoms with Gasteiger partial charge < -0.3 is 0 Å². The lowest BCUT2D eigenvalue weighted by Crippen LogP contribution is -1.87. The van der Waals surface area contributed by atoms with E-state index in [0.29, 0.717) is 0 Å². The van der Waals surface area contributed by atoms with Crippen LogP contribution >= 0.6 is 11.8 Å². The Balaban J connectivity index is 3.08. The molecule has 0 aliphatic rings. The van der Waals surface area contributed by atoms with Gasteiger partial charge >= 0.3 is 0 Å². The molecule has 84 valence electrons. The Bertz CT molecular complexity index is 418. The number of hydrogen-bond acceptors (Lipinski definition) is 2. The first-order valence-electron chi connectivity index (χ1n) is 4.85. The molecule has 3 heteroatoms. The van der Waals surface area contributed by atoms with E-state index in [1.54, 1.807) is 30.0 Å². The molecule has 1 nitrogen and oxygen atoms in total. The molecule has 0 atom stereocenters. The van der Waals surface area contributed by atoms with Crippen molar-refractivity contribution in [2.45, 2.75) is 6.92 Å². The summed E-state index contributed by atoms with van der Waals surface area (Å²) < 4.78 is 12.8. The van der Waals surface area contributed by atoms with Gasteiger partial charge in [-0.3, -0.25) is 0 Å². The molecule has 1 rings (SSSR count). The van der Waals surface area contributed by atoms with E-state index in [9.17, 15) is 4.39 Å². The molecule has 0 spiro atoms. The monoisotopic (exact) mass is 235 g/mol. The van der Waals surface area contributed by atoms with E-state index in [1.807, 2.05) is 19.3 Å². The van der Waals surface area contributed by atoms with Crippen LogP contribution in [0, 0.1) is 5.82 Å². The Morgan fingerprint density at radius 2 is 2.00 bits per heavy atom. The fraction of sp³-hybridized carbons (Fsp3) is 0.154. The Kier molecular flexibility index (Phi) is 4.99. The van der Waals surface area contributed by atoms with Crippen LogP contribution in [0.15, 0.2) is 48.0 Å². The molecular formula is C13H14FNS. The van der Waals surface area contributed by atoms with Crippen molar-refractivity contribution < 1.29 is 4.39 Å². The zero-order chi connectivity index (χ0) is 12.0. The quantitative estimate of drug-likeness (QED) is 0.436. The van der Waals surface area contributed by atoms with Crippen LogP contribution < -0.4 is 0 Å². The number of aliphatic imine (C=N–C) groups is 1. The molecule has 0 aliphatic carbocycles. The van der Waals surface area contributed by atoms with Crippen molar-refractivity contribution in [2.75, 3.05) is 6.26 Å². The average molecular weight is 235 g/mol. The Morgan fingerprint density at radius 3 is 2.50 bits per heavy atom. The largest absolute Gasteiger partial charge is 0.246 e. The number of nitrogens with zero attached hydrogens (tertiary/aromatic N) is 1. The number of allylic oxidation sites excluding steroid dienone is 2. The molecule has 0 saturated carbocycles. The summed E-state index contributed by atoms with van der Waals surface area (Å²) in [5.41, 5.74) is 1.68. The molecule has 0 aliphatic heterocycles. The summed E-state index contributed by atoms with van der Waals surface area (Å²) in [5, 5.41) is 0.956. The summed E-state index contributed by atoms with van der Waals surface area (Å²) in [6.45, 7) is 5.59. The summed E-state index contributed by atoms with van der Waals surface area (Å²) in [5.74, 6) is -0.243. The second-order valence-electron chi connectivity index (χ2n) is 3.13. The van der Waals surface area contributed by atoms with Gasteiger partial charge in [-0.15, -0.1) is 11.8 Å². The van der Waals surface area contributed by atoms with E-state index in [1.165, 1.54) is 12.1 Å². The Morgan fingerprint density at radius 1 is 1.38 bits per heavy atom. The Labute approximate surface area is 99.8 Å². The Hall–Kier alpha value is -1.35. The minimum atomic E-state index is -0.243. The molecule has 0 amide bonds. The van der Waals surface area contributed by atoms with Crippen molar-refractivity contribution in [2.24, 2.45) is 4.99 Å². The number of halogens is 1. The van der Waals surface area contributed by atoms with Crippen LogP contribution in [0.5, 0.6) is 0 Å². The van der Waals surface area contributed by atoms with Crippen LogP contribution in [0.3, 0.4) is 0 Å². The van der Waals surface area contributed by atoms with Gasteiger partial charge in [-0.25, -0.2) is 9.38 Å². The summed E-state index contributed by atoms with van der Waals surface area (Å²) in [6, 6.07) is 6.27. The lowest BCUT2D eigenvalue weighted by atomic mass is 10.1. The lowest BCUT2D eigenvalue weighted by Gasteiger charge is -2.03. The van der Waals surface area contributed by atoms with Crippen molar-refractivity contribution in [1.29, 1.82) is 0 Å². The molecular weight excluding hydrogens is 221 g/mol. The number of rotatable bonds is 3. The second-order valence-corrected chi connectivity index (χ2v) is 4.13. The first-order chi connectivity index (χ1) is 7.67. The highest BCUT2D eigenvalue weighted by atomic mass is 32.2. The predicted molar refractivity (Wildman–Crippen MR) is 71.2 cm³/mol. The number of thioether (sulfide) groups is 1. The van der Waals surface area contributed by atoms with Crippen LogP contribution in [0.4, 0.5) is 4.39 Å². The van der Waals surface area contributed by atoms with Gasteiger partial charge in [0, 0.05) is 5.56 Å². The van der Waals surface area contributed by atoms with E-state index in [2.05, 4.69) is 11.6 Å². The van der Waals surface area contributed by atoms with Crippen LogP contribution in [0.2, 0.25) is 0 Å². The van der Waals surface area contributed by atoms with E-state index in [0.717, 1.165) is 16.3 Å². The number of hydrogen-bond donors (Lipinski definition) is 0. The summed E-state index contributed by atoms with van der Waals surface area (Å²) >= 11 is 1.58. The molecule has 0 bridgehead atoms. The molecule has 1 aromatic rings. The maximum atomic E-state index is 12.8. The van der Waals surface area contributed by atoms with Gasteiger partial charge in [-0.05, 0) is 43.5 Å². The summed E-state index contributed by atoms with van der Waals surface area (Å²) in [6.07, 6.45) is 5.46. The fourth-order valence-corrected chi connectivity index (χ4v) is 1.34. The average Bonchev–Trinajstić information content (AvgIpc) is 2.29. The van der Waals surface area contributed by atoms with Crippen molar-refractivity contribution in [3.05, 3.63) is 54.4 Å². The standard InChI is InChI=1S/C13H14FNS/c1-4-5-13(15-10(2)16-3)11-6-8-12(14)9-7-11/h4-9H,1H2,2-3H3/b13-5+,15-10-. The van der Waals surface area contributed by atoms with Crippen LogP contribution in [0.1, 0.15) is 12.5 Å². The maximum absolute atomic E-state index is 12.8. The highest BCUT2D eigenvalue weighted by Gasteiger charge is 2.00. The highest BCUT2D eigenvalue weighted by Crippen LogP contribution is 2.18. The van der Waals surface area contributed by atoms with E-state index in [4.69, 9.17) is 0 Å². The van der Waals surface area contributed by atoms with Crippen molar-refractivity contribution in [3.8, 4) is 0 Å². The van der Waals surface area contributed by atoms with Crippen LogP contribution in [-0.4, -0.2) is 11.3 Å². The van der Waals surface area contributed by atoms with Gasteiger partial charge in [0.1, 0.15) is 5.82 Å². The van der Waals surface area contributed by atoms with E-state index in [-0.39, 0.29) is 5.82 Å². The minimum absolute atomic E-state index is 0.243. The molecule has 0 radical (unpaired) electrons. The van der Waals surface area contributed by atoms with Crippen molar-refractivity contribution >= 4 is 22.5 Å². The highest BCUT2D eigenvalue weighted by molar-refractivity contribution is 8.13. The third-order valence-corrected chi connectivity index (χ3v) is 2.67. The van der Waals surface area contributed by atoms with Gasteiger partial charge in [-0.1, -0.05) is 12.7 Å². The van der Waals surface area contributed by atoms with Crippen molar-refractivity contribution in [3.63, 3.8) is 0 Å². The fourth-order valence-electron chi connectivity index (χ4n) is 1.15. The smallest absolute Gasteiger partial charge is 0.123 e. The van der Waals surface area contributed by atoms with Gasteiger partial charge in [0.2, 0.25) is 0 Å². The normalized spacial score (nSPS) is 12.7. The minimum Gasteiger partial charge on any atom is -0.246 e. The zero-order valence-corrected chi connectivity index (χ0v) is 10.2. The molecule has 0 unspecified atom stereocenters.